The molecule has 2 aromatic rings. The SMILES string of the molecule is C=C(C)C(=O)OCC(CO)CCCCC1CCC(CCc2ccc3cc(CCCCF)ccc3c2)CC1.C=C(C=O)CO. The molecule has 0 spiro atoms. The molecule has 3 rings (SSSR count). The molecule has 0 bridgehead atoms. The second kappa shape index (κ2) is 21.0. The van der Waals surface area contributed by atoms with Gasteiger partial charge in [-0.15, -0.1) is 0 Å². The molecule has 5 nitrogen and oxygen atoms in total. The van der Waals surface area contributed by atoms with Gasteiger partial charge >= 0.3 is 5.97 Å². The van der Waals surface area contributed by atoms with Crippen LogP contribution in [0.3, 0.4) is 0 Å². The number of ether oxygens (including phenoxy) is 1. The highest BCUT2D eigenvalue weighted by atomic mass is 19.1. The molecule has 1 fully saturated rings. The van der Waals surface area contributed by atoms with Crippen LogP contribution in [-0.2, 0) is 27.2 Å². The van der Waals surface area contributed by atoms with Crippen molar-refractivity contribution in [3.05, 3.63) is 71.8 Å². The number of alkyl halides is 1. The van der Waals surface area contributed by atoms with Crippen molar-refractivity contribution in [1.29, 1.82) is 0 Å². The van der Waals surface area contributed by atoms with E-state index in [1.807, 2.05) is 0 Å². The van der Waals surface area contributed by atoms with E-state index in [-0.39, 0.29) is 44.0 Å². The van der Waals surface area contributed by atoms with Gasteiger partial charge in [0.2, 0.25) is 0 Å². The Morgan fingerprint density at radius 1 is 0.930 bits per heavy atom. The van der Waals surface area contributed by atoms with Gasteiger partial charge in [0.25, 0.3) is 0 Å². The lowest BCUT2D eigenvalue weighted by Crippen LogP contribution is -2.18. The third-order valence-corrected chi connectivity index (χ3v) is 8.53. The van der Waals surface area contributed by atoms with Crippen molar-refractivity contribution >= 4 is 23.0 Å². The fourth-order valence-electron chi connectivity index (χ4n) is 5.71. The summed E-state index contributed by atoms with van der Waals surface area (Å²) in [6, 6.07) is 13.6. The van der Waals surface area contributed by atoms with Gasteiger partial charge in [0.1, 0.15) is 6.29 Å². The molecule has 0 heterocycles. The van der Waals surface area contributed by atoms with Crippen LogP contribution in [-0.4, -0.2) is 49.0 Å². The van der Waals surface area contributed by atoms with Gasteiger partial charge in [0.05, 0.1) is 19.9 Å². The van der Waals surface area contributed by atoms with Crippen molar-refractivity contribution in [3.8, 4) is 0 Å². The smallest absolute Gasteiger partial charge is 0.333 e. The van der Waals surface area contributed by atoms with E-state index in [1.54, 1.807) is 6.92 Å². The van der Waals surface area contributed by atoms with Crippen LogP contribution in [0, 0.1) is 17.8 Å². The van der Waals surface area contributed by atoms with Crippen LogP contribution in [0.2, 0.25) is 0 Å². The number of aliphatic hydroxyl groups excluding tert-OH is 2. The van der Waals surface area contributed by atoms with Gasteiger partial charge in [-0.2, -0.15) is 0 Å². The Labute approximate surface area is 258 Å². The van der Waals surface area contributed by atoms with Crippen LogP contribution >= 0.6 is 0 Å². The summed E-state index contributed by atoms with van der Waals surface area (Å²) in [5.74, 6) is 1.34. The number of aryl methyl sites for hydroxylation is 2. The van der Waals surface area contributed by atoms with Crippen LogP contribution < -0.4 is 0 Å². The molecule has 2 N–H and O–H groups in total. The highest BCUT2D eigenvalue weighted by Crippen LogP contribution is 2.34. The molecular weight excluding hydrogens is 543 g/mol. The van der Waals surface area contributed by atoms with Crippen molar-refractivity contribution in [2.45, 2.75) is 90.4 Å². The summed E-state index contributed by atoms with van der Waals surface area (Å²) in [5, 5.41) is 20.2. The van der Waals surface area contributed by atoms with Crippen molar-refractivity contribution in [3.63, 3.8) is 0 Å². The maximum atomic E-state index is 12.4. The molecule has 1 aliphatic carbocycles. The summed E-state index contributed by atoms with van der Waals surface area (Å²) in [4.78, 5) is 21.0. The van der Waals surface area contributed by atoms with Gasteiger partial charge in [0.15, 0.2) is 0 Å². The number of aliphatic hydroxyl groups is 2. The van der Waals surface area contributed by atoms with Crippen molar-refractivity contribution in [2.75, 3.05) is 26.5 Å². The lowest BCUT2D eigenvalue weighted by molar-refractivity contribution is -0.140. The van der Waals surface area contributed by atoms with E-state index < -0.39 is 0 Å². The Kier molecular flexibility index (Phi) is 17.7. The second-order valence-electron chi connectivity index (χ2n) is 12.2. The van der Waals surface area contributed by atoms with Crippen molar-refractivity contribution < 1.29 is 28.9 Å². The molecule has 0 radical (unpaired) electrons. The fourth-order valence-corrected chi connectivity index (χ4v) is 5.71. The monoisotopic (exact) mass is 596 g/mol. The molecule has 0 amide bonds. The minimum atomic E-state index is -0.368. The number of hydrogen-bond donors (Lipinski definition) is 2. The molecule has 1 aliphatic rings. The van der Waals surface area contributed by atoms with Crippen LogP contribution in [0.4, 0.5) is 4.39 Å². The summed E-state index contributed by atoms with van der Waals surface area (Å²) >= 11 is 0. The van der Waals surface area contributed by atoms with Crippen molar-refractivity contribution in [2.24, 2.45) is 17.8 Å². The predicted octanol–water partition coefficient (Wildman–Crippen LogP) is 7.89. The minimum Gasteiger partial charge on any atom is -0.462 e. The van der Waals surface area contributed by atoms with Gasteiger partial charge in [-0.1, -0.05) is 94.5 Å². The number of esters is 1. The Morgan fingerprint density at radius 3 is 2.05 bits per heavy atom. The molecule has 1 atom stereocenters. The maximum Gasteiger partial charge on any atom is 0.333 e. The predicted molar refractivity (Wildman–Crippen MR) is 174 cm³/mol. The molecule has 1 saturated carbocycles. The van der Waals surface area contributed by atoms with Gasteiger partial charge in [0, 0.05) is 23.7 Å². The quantitative estimate of drug-likeness (QED) is 0.0791. The number of fused-ring (bicyclic) bond motifs is 1. The number of unbranched alkanes of at least 4 members (excludes halogenated alkanes) is 2. The van der Waals surface area contributed by atoms with E-state index in [9.17, 15) is 19.1 Å². The first kappa shape index (κ1) is 36.4. The third kappa shape index (κ3) is 14.5. The number of carbonyl (C=O) groups is 2. The molecule has 43 heavy (non-hydrogen) atoms. The van der Waals surface area contributed by atoms with E-state index in [1.165, 1.54) is 66.8 Å². The lowest BCUT2D eigenvalue weighted by Gasteiger charge is -2.28. The van der Waals surface area contributed by atoms with E-state index >= 15 is 0 Å². The van der Waals surface area contributed by atoms with Gasteiger partial charge in [-0.25, -0.2) is 4.79 Å². The first-order valence-electron chi connectivity index (χ1n) is 16.0. The molecule has 6 heteroatoms. The van der Waals surface area contributed by atoms with Crippen LogP contribution in [0.5, 0.6) is 0 Å². The van der Waals surface area contributed by atoms with Gasteiger partial charge < -0.3 is 14.9 Å². The highest BCUT2D eigenvalue weighted by Gasteiger charge is 2.21. The van der Waals surface area contributed by atoms with Crippen molar-refractivity contribution in [1.82, 2.24) is 0 Å². The van der Waals surface area contributed by atoms with Crippen LogP contribution in [0.15, 0.2) is 60.7 Å². The summed E-state index contributed by atoms with van der Waals surface area (Å²) in [5.41, 5.74) is 3.37. The summed E-state index contributed by atoms with van der Waals surface area (Å²) in [7, 11) is 0. The molecule has 0 aliphatic heterocycles. The summed E-state index contributed by atoms with van der Waals surface area (Å²) in [6.45, 7) is 8.31. The number of aldehydes is 1. The molecule has 1 unspecified atom stereocenters. The lowest BCUT2D eigenvalue weighted by atomic mass is 9.77. The first-order valence-corrected chi connectivity index (χ1v) is 16.0. The van der Waals surface area contributed by atoms with Gasteiger partial charge in [-0.05, 0) is 79.2 Å². The number of hydrogen-bond acceptors (Lipinski definition) is 5. The molecule has 238 valence electrons. The zero-order valence-corrected chi connectivity index (χ0v) is 26.2. The molecule has 2 aromatic carbocycles. The fraction of sp³-hybridized carbons (Fsp3) is 0.568. The number of halogens is 1. The standard InChI is InChI=1S/C33H47FO3.C4H6O2/c1-25(2)33(36)37-24-30(23-35)9-4-3-7-26-10-12-27(13-11-26)14-15-29-17-19-31-21-28(8-5-6-20-34)16-18-32(31)22-29;1-4(2-5)3-6/h16-19,21-22,26-27,30,35H,1,3-15,20,23-24H2,2H3;2,6H,1,3H2. The van der Waals surface area contributed by atoms with Crippen LogP contribution in [0.1, 0.15) is 88.7 Å². The third-order valence-electron chi connectivity index (χ3n) is 8.53. The average molecular weight is 597 g/mol. The van der Waals surface area contributed by atoms with E-state index in [0.29, 0.717) is 18.3 Å². The Morgan fingerprint density at radius 2 is 1.53 bits per heavy atom. The van der Waals surface area contributed by atoms with E-state index in [2.05, 4.69) is 49.6 Å². The molecule has 0 saturated heterocycles. The average Bonchev–Trinajstić information content (AvgIpc) is 3.03. The maximum absolute atomic E-state index is 12.4. The zero-order chi connectivity index (χ0) is 31.5. The van der Waals surface area contributed by atoms with E-state index in [4.69, 9.17) is 9.84 Å². The van der Waals surface area contributed by atoms with Crippen LogP contribution in [0.25, 0.3) is 10.8 Å². The first-order chi connectivity index (χ1) is 20.8. The topological polar surface area (TPSA) is 83.8 Å². The minimum absolute atomic E-state index is 0.0311. The zero-order valence-electron chi connectivity index (χ0n) is 26.2. The van der Waals surface area contributed by atoms with Gasteiger partial charge in [-0.3, -0.25) is 9.18 Å². The number of rotatable bonds is 18. The summed E-state index contributed by atoms with van der Waals surface area (Å²) < 4.78 is 17.6. The normalized spacial score (nSPS) is 17.0. The number of benzene rings is 2. The van der Waals surface area contributed by atoms with E-state index in [0.717, 1.165) is 43.9 Å². The molecule has 0 aromatic heterocycles. The Balaban J connectivity index is 0.000000973. The second-order valence-corrected chi connectivity index (χ2v) is 12.2. The summed E-state index contributed by atoms with van der Waals surface area (Å²) in [6.07, 6.45) is 15.3. The molecular formula is C37H53FO5. The highest BCUT2D eigenvalue weighted by molar-refractivity contribution is 5.87. The largest absolute Gasteiger partial charge is 0.462 e. The number of carbonyl (C=O) groups excluding carboxylic acids is 2. The Bertz CT molecular complexity index is 1140. The Hall–Kier alpha value is -2.83.